The van der Waals surface area contributed by atoms with Crippen molar-refractivity contribution >= 4 is 34.2 Å². The minimum Gasteiger partial charge on any atom is -0.489 e. The number of carbonyl (C=O) groups is 1. The molecular weight excluding hydrogens is 539 g/mol. The lowest BCUT2D eigenvalue weighted by molar-refractivity contribution is -0.137. The van der Waals surface area contributed by atoms with Gasteiger partial charge in [-0.05, 0) is 80.7 Å². The van der Waals surface area contributed by atoms with Crippen molar-refractivity contribution in [3.05, 3.63) is 64.4 Å². The number of amides is 1. The standard InChI is InChI=1S/C27H27ClF3N3O5/c28-19-12-15(3-7-22(19)38-18-5-6-18)25(35)20(14-34-9-1-2-10-34)32-26(36)24(33-37)23-13-16-11-17(27(29,30)31)4-8-21(16)39-23/h3-4,7-8,11-13,18,20,25,35,37H,1-2,5-6,9-10,14H2,(H,32,36)/t20-,25-/m1/s1. The Morgan fingerprint density at radius 2 is 1.92 bits per heavy atom. The second-order valence-corrected chi connectivity index (χ2v) is 10.3. The number of hydrogen-bond donors (Lipinski definition) is 3. The zero-order valence-electron chi connectivity index (χ0n) is 20.7. The van der Waals surface area contributed by atoms with Crippen molar-refractivity contribution in [1.82, 2.24) is 10.2 Å². The maximum atomic E-state index is 13.2. The summed E-state index contributed by atoms with van der Waals surface area (Å²) in [5.74, 6) is -0.567. The van der Waals surface area contributed by atoms with Crippen LogP contribution in [0.2, 0.25) is 5.02 Å². The van der Waals surface area contributed by atoms with Gasteiger partial charge in [0.15, 0.2) is 5.76 Å². The van der Waals surface area contributed by atoms with Gasteiger partial charge in [-0.1, -0.05) is 22.8 Å². The van der Waals surface area contributed by atoms with Crippen LogP contribution >= 0.6 is 11.6 Å². The fourth-order valence-corrected chi connectivity index (χ4v) is 4.88. The summed E-state index contributed by atoms with van der Waals surface area (Å²) in [7, 11) is 0. The van der Waals surface area contributed by atoms with Gasteiger partial charge >= 0.3 is 6.18 Å². The van der Waals surface area contributed by atoms with Crippen LogP contribution in [0.4, 0.5) is 13.2 Å². The first-order valence-corrected chi connectivity index (χ1v) is 13.0. The van der Waals surface area contributed by atoms with Crippen LogP contribution < -0.4 is 10.1 Å². The molecule has 2 heterocycles. The molecule has 0 spiro atoms. The predicted octanol–water partition coefficient (Wildman–Crippen LogP) is 5.14. The van der Waals surface area contributed by atoms with Crippen molar-refractivity contribution in [1.29, 1.82) is 0 Å². The molecule has 1 aliphatic heterocycles. The van der Waals surface area contributed by atoms with Gasteiger partial charge in [0.1, 0.15) is 17.4 Å². The van der Waals surface area contributed by atoms with Crippen molar-refractivity contribution < 1.29 is 37.4 Å². The van der Waals surface area contributed by atoms with Crippen LogP contribution in [-0.4, -0.2) is 58.6 Å². The third-order valence-electron chi connectivity index (χ3n) is 6.86. The molecular formula is C27H27ClF3N3O5. The number of likely N-dealkylation sites (tertiary alicyclic amines) is 1. The summed E-state index contributed by atoms with van der Waals surface area (Å²) in [6.45, 7) is 1.89. The zero-order valence-corrected chi connectivity index (χ0v) is 21.5. The van der Waals surface area contributed by atoms with Gasteiger partial charge in [0, 0.05) is 11.9 Å². The number of hydrogen-bond acceptors (Lipinski definition) is 7. The van der Waals surface area contributed by atoms with E-state index in [1.54, 1.807) is 18.2 Å². The lowest BCUT2D eigenvalue weighted by Crippen LogP contribution is -2.48. The molecule has 1 saturated heterocycles. The highest BCUT2D eigenvalue weighted by Gasteiger charge is 2.33. The van der Waals surface area contributed by atoms with Crippen molar-refractivity contribution in [3.63, 3.8) is 0 Å². The maximum Gasteiger partial charge on any atom is 0.416 e. The molecule has 0 bridgehead atoms. The first kappa shape index (κ1) is 27.3. The van der Waals surface area contributed by atoms with E-state index in [2.05, 4.69) is 15.4 Å². The van der Waals surface area contributed by atoms with Gasteiger partial charge in [-0.3, -0.25) is 4.79 Å². The van der Waals surface area contributed by atoms with E-state index >= 15 is 0 Å². The Morgan fingerprint density at radius 1 is 1.18 bits per heavy atom. The number of furan rings is 1. The predicted molar refractivity (Wildman–Crippen MR) is 137 cm³/mol. The normalized spacial score (nSPS) is 18.3. The van der Waals surface area contributed by atoms with Crippen molar-refractivity contribution in [2.45, 2.75) is 50.1 Å². The molecule has 1 saturated carbocycles. The van der Waals surface area contributed by atoms with Gasteiger partial charge in [0.05, 0.1) is 22.7 Å². The molecule has 2 fully saturated rings. The van der Waals surface area contributed by atoms with E-state index in [0.717, 1.165) is 57.0 Å². The van der Waals surface area contributed by atoms with Gasteiger partial charge in [-0.25, -0.2) is 0 Å². The maximum absolute atomic E-state index is 13.2. The van der Waals surface area contributed by atoms with Crippen LogP contribution in [0.3, 0.4) is 0 Å². The first-order chi connectivity index (χ1) is 18.6. The smallest absolute Gasteiger partial charge is 0.416 e. The summed E-state index contributed by atoms with van der Waals surface area (Å²) < 4.78 is 50.6. The van der Waals surface area contributed by atoms with E-state index in [1.807, 2.05) is 0 Å². The lowest BCUT2D eigenvalue weighted by atomic mass is 10.0. The van der Waals surface area contributed by atoms with E-state index in [-0.39, 0.29) is 22.8 Å². The molecule has 1 aliphatic carbocycles. The van der Waals surface area contributed by atoms with Gasteiger partial charge in [-0.2, -0.15) is 13.2 Å². The van der Waals surface area contributed by atoms with Crippen LogP contribution in [0, 0.1) is 0 Å². The van der Waals surface area contributed by atoms with E-state index in [9.17, 15) is 28.3 Å². The summed E-state index contributed by atoms with van der Waals surface area (Å²) >= 11 is 6.39. The zero-order chi connectivity index (χ0) is 27.7. The number of aliphatic hydroxyl groups is 1. The van der Waals surface area contributed by atoms with E-state index in [1.165, 1.54) is 6.07 Å². The quantitative estimate of drug-likeness (QED) is 0.188. The molecule has 12 heteroatoms. The van der Waals surface area contributed by atoms with Crippen molar-refractivity contribution in [3.8, 4) is 5.75 Å². The molecule has 3 N–H and O–H groups in total. The molecule has 39 heavy (non-hydrogen) atoms. The summed E-state index contributed by atoms with van der Waals surface area (Å²) in [5, 5.41) is 27.1. The molecule has 8 nitrogen and oxygen atoms in total. The second-order valence-electron chi connectivity index (χ2n) is 9.85. The number of oxime groups is 1. The van der Waals surface area contributed by atoms with Crippen molar-refractivity contribution in [2.24, 2.45) is 5.16 Å². The summed E-state index contributed by atoms with van der Waals surface area (Å²) in [6, 6.07) is 8.19. The third-order valence-corrected chi connectivity index (χ3v) is 7.15. The number of nitrogens with one attached hydrogen (secondary N) is 1. The average molecular weight is 566 g/mol. The fourth-order valence-electron chi connectivity index (χ4n) is 4.64. The third kappa shape index (κ3) is 6.32. The van der Waals surface area contributed by atoms with Gasteiger partial charge in [0.25, 0.3) is 5.91 Å². The molecule has 208 valence electrons. The summed E-state index contributed by atoms with van der Waals surface area (Å²) in [4.78, 5) is 15.3. The molecule has 3 aromatic rings. The van der Waals surface area contributed by atoms with Crippen LogP contribution in [0.1, 0.15) is 48.7 Å². The van der Waals surface area contributed by atoms with E-state index < -0.39 is 35.5 Å². The van der Waals surface area contributed by atoms with Crippen molar-refractivity contribution in [2.75, 3.05) is 19.6 Å². The minimum absolute atomic E-state index is 0.0868. The van der Waals surface area contributed by atoms with Gasteiger partial charge < -0.3 is 29.7 Å². The molecule has 2 aliphatic rings. The van der Waals surface area contributed by atoms with Crippen LogP contribution in [0.25, 0.3) is 11.0 Å². The Balaban J connectivity index is 1.37. The number of ether oxygens (including phenoxy) is 1. The molecule has 1 amide bonds. The SMILES string of the molecule is O=C(N[C@H](CN1CCCC1)[C@H](O)c1ccc(OC2CC2)c(Cl)c1)C(=NO)c1cc2cc(C(F)(F)F)ccc2o1. The number of benzene rings is 2. The van der Waals surface area contributed by atoms with Crippen LogP contribution in [-0.2, 0) is 11.0 Å². The van der Waals surface area contributed by atoms with Gasteiger partial charge in [0.2, 0.25) is 5.71 Å². The number of rotatable bonds is 9. The number of carbonyl (C=O) groups excluding carboxylic acids is 1. The fraction of sp³-hybridized carbons (Fsp3) is 0.407. The first-order valence-electron chi connectivity index (χ1n) is 12.6. The Kier molecular flexibility index (Phi) is 7.75. The summed E-state index contributed by atoms with van der Waals surface area (Å²) in [6.07, 6.45) is -1.68. The Hall–Kier alpha value is -3.28. The number of halogens is 4. The molecule has 1 aromatic heterocycles. The molecule has 0 unspecified atom stereocenters. The molecule has 5 rings (SSSR count). The lowest BCUT2D eigenvalue weighted by Gasteiger charge is -2.29. The number of aliphatic hydroxyl groups excluding tert-OH is 1. The number of fused-ring (bicyclic) bond motifs is 1. The Morgan fingerprint density at radius 3 is 2.56 bits per heavy atom. The highest BCUT2D eigenvalue weighted by Crippen LogP contribution is 2.35. The monoisotopic (exact) mass is 565 g/mol. The highest BCUT2D eigenvalue weighted by molar-refractivity contribution is 6.44. The Labute approximate surface area is 227 Å². The summed E-state index contributed by atoms with van der Waals surface area (Å²) in [5.41, 5.74) is -0.873. The highest BCUT2D eigenvalue weighted by atomic mass is 35.5. The van der Waals surface area contributed by atoms with Crippen LogP contribution in [0.5, 0.6) is 5.75 Å². The minimum atomic E-state index is -4.55. The molecule has 2 aromatic carbocycles. The number of alkyl halides is 3. The largest absolute Gasteiger partial charge is 0.489 e. The number of nitrogens with zero attached hydrogens (tertiary/aromatic N) is 2. The topological polar surface area (TPSA) is 108 Å². The van der Waals surface area contributed by atoms with E-state index in [0.29, 0.717) is 22.9 Å². The molecule has 0 radical (unpaired) electrons. The van der Waals surface area contributed by atoms with E-state index in [4.69, 9.17) is 20.8 Å². The van der Waals surface area contributed by atoms with Crippen LogP contribution in [0.15, 0.2) is 52.0 Å². The Bertz CT molecular complexity index is 1380. The average Bonchev–Trinajstić information content (AvgIpc) is 3.37. The molecule has 2 atom stereocenters. The van der Waals surface area contributed by atoms with Gasteiger partial charge in [-0.15, -0.1) is 0 Å². The second kappa shape index (κ2) is 11.1.